The third kappa shape index (κ3) is 4.56. The van der Waals surface area contributed by atoms with E-state index in [2.05, 4.69) is 27.1 Å². The molecule has 3 aromatic rings. The molecule has 0 saturated carbocycles. The number of hydrogen-bond donors (Lipinski definition) is 0. The molecule has 152 valence electrons. The van der Waals surface area contributed by atoms with E-state index in [4.69, 9.17) is 0 Å². The summed E-state index contributed by atoms with van der Waals surface area (Å²) < 4.78 is 3.39. The Balaban J connectivity index is 1.85. The van der Waals surface area contributed by atoms with Gasteiger partial charge in [0.2, 0.25) is 0 Å². The van der Waals surface area contributed by atoms with Gasteiger partial charge in [-0.1, -0.05) is 6.92 Å². The van der Waals surface area contributed by atoms with E-state index in [1.165, 1.54) is 9.47 Å². The van der Waals surface area contributed by atoms with Gasteiger partial charge in [-0.15, -0.1) is 10.2 Å². The van der Waals surface area contributed by atoms with Crippen molar-refractivity contribution < 1.29 is 4.79 Å². The van der Waals surface area contributed by atoms with Crippen LogP contribution in [0.4, 0.5) is 0 Å². The summed E-state index contributed by atoms with van der Waals surface area (Å²) in [5.41, 5.74) is 1.89. The quantitative estimate of drug-likeness (QED) is 0.602. The Morgan fingerprint density at radius 1 is 1.17 bits per heavy atom. The minimum atomic E-state index is -0.348. The van der Waals surface area contributed by atoms with Crippen molar-refractivity contribution in [2.45, 2.75) is 46.8 Å². The second-order valence-electron chi connectivity index (χ2n) is 7.06. The Hall–Kier alpha value is -3.36. The highest BCUT2D eigenvalue weighted by Crippen LogP contribution is 2.09. The molecule has 3 rings (SSSR count). The number of carbonyl (C=O) groups excluding carboxylic acids is 1. The zero-order valence-corrected chi connectivity index (χ0v) is 17.2. The molecule has 1 amide bonds. The minimum Gasteiger partial charge on any atom is -0.334 e. The Morgan fingerprint density at radius 3 is 2.66 bits per heavy atom. The van der Waals surface area contributed by atoms with E-state index in [1.807, 2.05) is 11.5 Å². The molecule has 0 aliphatic carbocycles. The standard InChI is InChI=1S/C20H25N7O2/c1-5-7-27-13-23-24-17(27)12-25(4)19(28)18-14(2)6-8-26(20(18)29)11-16-10-21-15(3)9-22-16/h6,8-10,13H,5,7,11-12H2,1-4H3. The molecule has 0 spiro atoms. The molecule has 0 N–H and O–H groups in total. The fourth-order valence-corrected chi connectivity index (χ4v) is 3.03. The highest BCUT2D eigenvalue weighted by molar-refractivity contribution is 5.95. The first-order valence-corrected chi connectivity index (χ1v) is 9.50. The molecule has 0 atom stereocenters. The summed E-state index contributed by atoms with van der Waals surface area (Å²) in [7, 11) is 1.66. The molecule has 0 unspecified atom stereocenters. The van der Waals surface area contributed by atoms with Gasteiger partial charge in [-0.25, -0.2) is 0 Å². The van der Waals surface area contributed by atoms with E-state index < -0.39 is 0 Å². The predicted octanol–water partition coefficient (Wildman–Crippen LogP) is 1.58. The Kier molecular flexibility index (Phi) is 6.16. The summed E-state index contributed by atoms with van der Waals surface area (Å²) in [6.07, 6.45) is 7.55. The van der Waals surface area contributed by atoms with Gasteiger partial charge in [0.15, 0.2) is 5.82 Å². The molecule has 3 heterocycles. The van der Waals surface area contributed by atoms with Crippen LogP contribution in [0.5, 0.6) is 0 Å². The summed E-state index contributed by atoms with van der Waals surface area (Å²) in [6.45, 7) is 6.98. The average molecular weight is 395 g/mol. The van der Waals surface area contributed by atoms with Crippen molar-refractivity contribution in [2.24, 2.45) is 0 Å². The van der Waals surface area contributed by atoms with E-state index in [0.717, 1.165) is 18.7 Å². The number of hydrogen-bond acceptors (Lipinski definition) is 6. The lowest BCUT2D eigenvalue weighted by Crippen LogP contribution is -2.35. The highest BCUT2D eigenvalue weighted by Gasteiger charge is 2.21. The van der Waals surface area contributed by atoms with Gasteiger partial charge in [-0.3, -0.25) is 19.6 Å². The van der Waals surface area contributed by atoms with Crippen molar-refractivity contribution in [1.29, 1.82) is 0 Å². The lowest BCUT2D eigenvalue weighted by molar-refractivity contribution is 0.0776. The molecular weight excluding hydrogens is 370 g/mol. The first kappa shape index (κ1) is 20.4. The molecule has 0 fully saturated rings. The van der Waals surface area contributed by atoms with Crippen molar-refractivity contribution in [1.82, 2.24) is 34.2 Å². The van der Waals surface area contributed by atoms with Crippen molar-refractivity contribution in [3.05, 3.63) is 69.7 Å². The fraction of sp³-hybridized carbons (Fsp3) is 0.400. The van der Waals surface area contributed by atoms with Gasteiger partial charge in [0.05, 0.1) is 30.7 Å². The predicted molar refractivity (Wildman–Crippen MR) is 107 cm³/mol. The summed E-state index contributed by atoms with van der Waals surface area (Å²) >= 11 is 0. The molecule has 0 bridgehead atoms. The molecule has 0 saturated heterocycles. The minimum absolute atomic E-state index is 0.150. The van der Waals surface area contributed by atoms with Gasteiger partial charge in [0, 0.05) is 26.0 Å². The summed E-state index contributed by atoms with van der Waals surface area (Å²) in [6, 6.07) is 1.77. The van der Waals surface area contributed by atoms with E-state index in [1.54, 1.807) is 45.0 Å². The maximum Gasteiger partial charge on any atom is 0.264 e. The van der Waals surface area contributed by atoms with Crippen LogP contribution in [0.2, 0.25) is 0 Å². The SMILES string of the molecule is CCCn1cnnc1CN(C)C(=O)c1c(C)ccn(Cc2cnc(C)cn2)c1=O. The number of aryl methyl sites for hydroxylation is 3. The first-order chi connectivity index (χ1) is 13.9. The number of nitrogens with zero attached hydrogens (tertiary/aromatic N) is 7. The number of aromatic nitrogens is 6. The molecule has 0 aliphatic heterocycles. The number of amides is 1. The zero-order chi connectivity index (χ0) is 21.0. The molecule has 9 nitrogen and oxygen atoms in total. The largest absolute Gasteiger partial charge is 0.334 e. The Morgan fingerprint density at radius 2 is 1.97 bits per heavy atom. The molecule has 29 heavy (non-hydrogen) atoms. The number of carbonyl (C=O) groups is 1. The second kappa shape index (κ2) is 8.76. The maximum atomic E-state index is 13.1. The van der Waals surface area contributed by atoms with Crippen LogP contribution in [0.15, 0.2) is 35.8 Å². The molecule has 0 aromatic carbocycles. The molecule has 3 aromatic heterocycles. The van der Waals surface area contributed by atoms with E-state index in [9.17, 15) is 9.59 Å². The van der Waals surface area contributed by atoms with Gasteiger partial charge >= 0.3 is 0 Å². The van der Waals surface area contributed by atoms with Crippen LogP contribution in [-0.2, 0) is 19.6 Å². The third-order valence-corrected chi connectivity index (χ3v) is 4.64. The van der Waals surface area contributed by atoms with Gasteiger partial charge in [-0.05, 0) is 31.9 Å². The van der Waals surface area contributed by atoms with Gasteiger partial charge in [-0.2, -0.15) is 0 Å². The van der Waals surface area contributed by atoms with E-state index >= 15 is 0 Å². The summed E-state index contributed by atoms with van der Waals surface area (Å²) in [5.74, 6) is 0.342. The van der Waals surface area contributed by atoms with Crippen molar-refractivity contribution in [2.75, 3.05) is 7.05 Å². The summed E-state index contributed by atoms with van der Waals surface area (Å²) in [5, 5.41) is 8.02. The fourth-order valence-electron chi connectivity index (χ4n) is 3.03. The average Bonchev–Trinajstić information content (AvgIpc) is 3.12. The lowest BCUT2D eigenvalue weighted by atomic mass is 10.1. The monoisotopic (exact) mass is 395 g/mol. The van der Waals surface area contributed by atoms with Crippen LogP contribution in [0.3, 0.4) is 0 Å². The Labute approximate surface area is 169 Å². The van der Waals surface area contributed by atoms with Gasteiger partial charge in [0.1, 0.15) is 11.9 Å². The van der Waals surface area contributed by atoms with Crippen LogP contribution >= 0.6 is 0 Å². The third-order valence-electron chi connectivity index (χ3n) is 4.64. The molecule has 0 radical (unpaired) electrons. The number of pyridine rings is 1. The van der Waals surface area contributed by atoms with Crippen LogP contribution in [0, 0.1) is 13.8 Å². The van der Waals surface area contributed by atoms with Crippen molar-refractivity contribution in [3.8, 4) is 0 Å². The normalized spacial score (nSPS) is 10.9. The van der Waals surface area contributed by atoms with Gasteiger partial charge in [0.25, 0.3) is 11.5 Å². The summed E-state index contributed by atoms with van der Waals surface area (Å²) in [4.78, 5) is 36.1. The molecule has 9 heteroatoms. The van der Waals surface area contributed by atoms with Crippen molar-refractivity contribution in [3.63, 3.8) is 0 Å². The van der Waals surface area contributed by atoms with Crippen LogP contribution in [-0.4, -0.2) is 47.2 Å². The van der Waals surface area contributed by atoms with E-state index in [0.29, 0.717) is 17.1 Å². The first-order valence-electron chi connectivity index (χ1n) is 9.50. The molecule has 0 aliphatic rings. The van der Waals surface area contributed by atoms with Crippen molar-refractivity contribution >= 4 is 5.91 Å². The maximum absolute atomic E-state index is 13.1. The highest BCUT2D eigenvalue weighted by atomic mass is 16.2. The Bertz CT molecular complexity index is 1050. The van der Waals surface area contributed by atoms with Crippen LogP contribution in [0.1, 0.15) is 46.5 Å². The topological polar surface area (TPSA) is 98.8 Å². The van der Waals surface area contributed by atoms with Crippen LogP contribution < -0.4 is 5.56 Å². The van der Waals surface area contributed by atoms with E-state index in [-0.39, 0.29) is 30.1 Å². The second-order valence-corrected chi connectivity index (χ2v) is 7.06. The number of rotatable bonds is 7. The van der Waals surface area contributed by atoms with Crippen LogP contribution in [0.25, 0.3) is 0 Å². The molecular formula is C20H25N7O2. The van der Waals surface area contributed by atoms with Gasteiger partial charge < -0.3 is 14.0 Å². The lowest BCUT2D eigenvalue weighted by Gasteiger charge is -2.18. The zero-order valence-electron chi connectivity index (χ0n) is 17.2. The smallest absolute Gasteiger partial charge is 0.264 e.